The second-order valence-corrected chi connectivity index (χ2v) is 6.77. The molecule has 1 N–H and O–H groups in total. The van der Waals surface area contributed by atoms with Gasteiger partial charge in [-0.2, -0.15) is 0 Å². The van der Waals surface area contributed by atoms with Crippen LogP contribution in [-0.4, -0.2) is 45.2 Å². The number of ether oxygens (including phenoxy) is 3. The van der Waals surface area contributed by atoms with Crippen LogP contribution in [0.4, 0.5) is 5.69 Å². The van der Waals surface area contributed by atoms with E-state index in [0.29, 0.717) is 24.7 Å². The van der Waals surface area contributed by atoms with E-state index >= 15 is 0 Å². The van der Waals surface area contributed by atoms with Crippen LogP contribution in [-0.2, 0) is 16.0 Å². The molecule has 2 aromatic carbocycles. The molecule has 1 saturated heterocycles. The molecule has 0 aliphatic carbocycles. The first kappa shape index (κ1) is 20.5. The molecule has 154 valence electrons. The van der Waals surface area contributed by atoms with Gasteiger partial charge in [0.2, 0.25) is 11.8 Å². The summed E-state index contributed by atoms with van der Waals surface area (Å²) < 4.78 is 16.0. The summed E-state index contributed by atoms with van der Waals surface area (Å²) >= 11 is 0. The van der Waals surface area contributed by atoms with Gasteiger partial charge in [0.05, 0.1) is 33.3 Å². The predicted molar refractivity (Wildman–Crippen MR) is 110 cm³/mol. The van der Waals surface area contributed by atoms with E-state index in [0.717, 1.165) is 17.0 Å². The van der Waals surface area contributed by atoms with Crippen molar-refractivity contribution in [3.8, 4) is 17.2 Å². The van der Waals surface area contributed by atoms with Gasteiger partial charge in [0, 0.05) is 24.7 Å². The number of methoxy groups -OCH3 is 2. The van der Waals surface area contributed by atoms with Crippen LogP contribution < -0.4 is 24.4 Å². The van der Waals surface area contributed by atoms with E-state index < -0.39 is 0 Å². The highest BCUT2D eigenvalue weighted by molar-refractivity contribution is 5.97. The molecule has 0 radical (unpaired) electrons. The SMILES string of the molecule is CCOc1ccc(CC(=O)NC2CC(=O)N(c3ccc(OC)c(OC)c3)C2)cc1. The van der Waals surface area contributed by atoms with Gasteiger partial charge in [-0.3, -0.25) is 9.59 Å². The van der Waals surface area contributed by atoms with E-state index in [4.69, 9.17) is 14.2 Å². The Bertz CT molecular complexity index is 866. The van der Waals surface area contributed by atoms with Gasteiger partial charge in [-0.1, -0.05) is 12.1 Å². The van der Waals surface area contributed by atoms with E-state index in [1.165, 1.54) is 0 Å². The Morgan fingerprint density at radius 1 is 1.10 bits per heavy atom. The lowest BCUT2D eigenvalue weighted by Crippen LogP contribution is -2.38. The maximum absolute atomic E-state index is 12.5. The summed E-state index contributed by atoms with van der Waals surface area (Å²) in [7, 11) is 3.12. The third kappa shape index (κ3) is 4.99. The van der Waals surface area contributed by atoms with Crippen molar-refractivity contribution in [2.75, 3.05) is 32.3 Å². The lowest BCUT2D eigenvalue weighted by Gasteiger charge is -2.19. The second kappa shape index (κ2) is 9.32. The Labute approximate surface area is 170 Å². The topological polar surface area (TPSA) is 77.1 Å². The number of benzene rings is 2. The van der Waals surface area contributed by atoms with Crippen molar-refractivity contribution in [2.45, 2.75) is 25.8 Å². The molecular weight excluding hydrogens is 372 g/mol. The summed E-state index contributed by atoms with van der Waals surface area (Å²) in [4.78, 5) is 26.5. The highest BCUT2D eigenvalue weighted by Gasteiger charge is 2.32. The predicted octanol–water partition coefficient (Wildman–Crippen LogP) is 2.57. The number of anilines is 1. The quantitative estimate of drug-likeness (QED) is 0.740. The zero-order valence-electron chi connectivity index (χ0n) is 16.9. The molecule has 1 unspecified atom stereocenters. The normalized spacial score (nSPS) is 15.9. The third-order valence-electron chi connectivity index (χ3n) is 4.77. The summed E-state index contributed by atoms with van der Waals surface area (Å²) in [5.41, 5.74) is 1.61. The number of rotatable bonds is 8. The Hall–Kier alpha value is -3.22. The molecule has 0 aromatic heterocycles. The van der Waals surface area contributed by atoms with Gasteiger partial charge in [-0.15, -0.1) is 0 Å². The van der Waals surface area contributed by atoms with Gasteiger partial charge in [-0.25, -0.2) is 0 Å². The van der Waals surface area contributed by atoms with E-state index in [1.54, 1.807) is 31.3 Å². The van der Waals surface area contributed by atoms with Gasteiger partial charge in [0.15, 0.2) is 11.5 Å². The highest BCUT2D eigenvalue weighted by atomic mass is 16.5. The summed E-state index contributed by atoms with van der Waals surface area (Å²) in [5, 5.41) is 2.96. The zero-order valence-corrected chi connectivity index (χ0v) is 16.9. The number of hydrogen-bond acceptors (Lipinski definition) is 5. The molecule has 7 nitrogen and oxygen atoms in total. The van der Waals surface area contributed by atoms with Crippen LogP contribution in [0, 0.1) is 0 Å². The fourth-order valence-corrected chi connectivity index (χ4v) is 3.38. The van der Waals surface area contributed by atoms with Crippen LogP contribution in [0.3, 0.4) is 0 Å². The average molecular weight is 398 g/mol. The van der Waals surface area contributed by atoms with Crippen molar-refractivity contribution in [3.05, 3.63) is 48.0 Å². The third-order valence-corrected chi connectivity index (χ3v) is 4.77. The van der Waals surface area contributed by atoms with E-state index in [1.807, 2.05) is 37.3 Å². The smallest absolute Gasteiger partial charge is 0.229 e. The van der Waals surface area contributed by atoms with Crippen LogP contribution in [0.1, 0.15) is 18.9 Å². The largest absolute Gasteiger partial charge is 0.494 e. The first-order valence-corrected chi connectivity index (χ1v) is 9.57. The maximum atomic E-state index is 12.5. The minimum atomic E-state index is -0.231. The molecule has 1 heterocycles. The maximum Gasteiger partial charge on any atom is 0.229 e. The minimum Gasteiger partial charge on any atom is -0.494 e. The van der Waals surface area contributed by atoms with Crippen LogP contribution >= 0.6 is 0 Å². The molecule has 0 spiro atoms. The standard InChI is InChI=1S/C22H26N2O5/c1-4-29-18-8-5-15(6-9-18)11-21(25)23-16-12-22(26)24(14-16)17-7-10-19(27-2)20(13-17)28-3/h5-10,13,16H,4,11-12,14H2,1-3H3,(H,23,25). The van der Waals surface area contributed by atoms with Crippen molar-refractivity contribution >= 4 is 17.5 Å². The number of carbonyl (C=O) groups is 2. The monoisotopic (exact) mass is 398 g/mol. The summed E-state index contributed by atoms with van der Waals surface area (Å²) in [6, 6.07) is 12.6. The first-order valence-electron chi connectivity index (χ1n) is 9.57. The number of hydrogen-bond donors (Lipinski definition) is 1. The van der Waals surface area contributed by atoms with Crippen molar-refractivity contribution in [2.24, 2.45) is 0 Å². The molecule has 0 bridgehead atoms. The van der Waals surface area contributed by atoms with Crippen LogP contribution in [0.25, 0.3) is 0 Å². The highest BCUT2D eigenvalue weighted by Crippen LogP contribution is 2.33. The lowest BCUT2D eigenvalue weighted by atomic mass is 10.1. The molecule has 2 aromatic rings. The molecule has 2 amide bonds. The fraction of sp³-hybridized carbons (Fsp3) is 0.364. The van der Waals surface area contributed by atoms with Crippen molar-refractivity contribution < 1.29 is 23.8 Å². The molecule has 29 heavy (non-hydrogen) atoms. The molecule has 1 aliphatic rings. The molecule has 1 atom stereocenters. The van der Waals surface area contributed by atoms with E-state index in [-0.39, 0.29) is 30.7 Å². The first-order chi connectivity index (χ1) is 14.0. The summed E-state index contributed by atoms with van der Waals surface area (Å²) in [6.07, 6.45) is 0.525. The fourth-order valence-electron chi connectivity index (χ4n) is 3.38. The lowest BCUT2D eigenvalue weighted by molar-refractivity contribution is -0.121. The van der Waals surface area contributed by atoms with E-state index in [9.17, 15) is 9.59 Å². The number of nitrogens with one attached hydrogen (secondary N) is 1. The summed E-state index contributed by atoms with van der Waals surface area (Å²) in [6.45, 7) is 2.95. The Morgan fingerprint density at radius 2 is 1.83 bits per heavy atom. The van der Waals surface area contributed by atoms with Gasteiger partial charge in [0.25, 0.3) is 0 Å². The van der Waals surface area contributed by atoms with Crippen LogP contribution in [0.2, 0.25) is 0 Å². The number of nitrogens with zero attached hydrogens (tertiary/aromatic N) is 1. The minimum absolute atomic E-state index is 0.0383. The van der Waals surface area contributed by atoms with Gasteiger partial charge >= 0.3 is 0 Å². The Balaban J connectivity index is 1.59. The Morgan fingerprint density at radius 3 is 2.48 bits per heavy atom. The van der Waals surface area contributed by atoms with Gasteiger partial charge in [0.1, 0.15) is 5.75 Å². The second-order valence-electron chi connectivity index (χ2n) is 6.77. The van der Waals surface area contributed by atoms with Crippen molar-refractivity contribution in [3.63, 3.8) is 0 Å². The van der Waals surface area contributed by atoms with Crippen LogP contribution in [0.5, 0.6) is 17.2 Å². The zero-order chi connectivity index (χ0) is 20.8. The van der Waals surface area contributed by atoms with E-state index in [2.05, 4.69) is 5.32 Å². The average Bonchev–Trinajstić information content (AvgIpc) is 3.08. The molecular formula is C22H26N2O5. The Kier molecular flexibility index (Phi) is 6.59. The van der Waals surface area contributed by atoms with Crippen molar-refractivity contribution in [1.29, 1.82) is 0 Å². The number of carbonyl (C=O) groups excluding carboxylic acids is 2. The molecule has 3 rings (SSSR count). The molecule has 1 aliphatic heterocycles. The summed E-state index contributed by atoms with van der Waals surface area (Å²) in [5.74, 6) is 1.79. The molecule has 1 fully saturated rings. The van der Waals surface area contributed by atoms with Gasteiger partial charge < -0.3 is 24.4 Å². The van der Waals surface area contributed by atoms with Crippen LogP contribution in [0.15, 0.2) is 42.5 Å². The van der Waals surface area contributed by atoms with Crippen molar-refractivity contribution in [1.82, 2.24) is 5.32 Å². The number of amides is 2. The van der Waals surface area contributed by atoms with Gasteiger partial charge in [-0.05, 0) is 36.8 Å². The molecule has 7 heteroatoms. The molecule has 0 saturated carbocycles.